The monoisotopic (exact) mass is 375 g/mol. The first kappa shape index (κ1) is 23.0. The third kappa shape index (κ3) is 7.24. The average Bonchev–Trinajstić information content (AvgIpc) is 2.56. The highest BCUT2D eigenvalue weighted by Crippen LogP contribution is 2.27. The zero-order valence-corrected chi connectivity index (χ0v) is 18.3. The molecular weight excluding hydrogens is 338 g/mol. The summed E-state index contributed by atoms with van der Waals surface area (Å²) in [5, 5.41) is 3.00. The lowest BCUT2D eigenvalue weighted by Crippen LogP contribution is -2.37. The lowest BCUT2D eigenvalue weighted by atomic mass is 9.92. The fourth-order valence-electron chi connectivity index (χ4n) is 3.01. The molecule has 1 rings (SSSR count). The van der Waals surface area contributed by atoms with Crippen LogP contribution in [-0.2, 0) is 16.1 Å². The van der Waals surface area contributed by atoms with Crippen molar-refractivity contribution in [3.8, 4) is 0 Å². The van der Waals surface area contributed by atoms with Crippen LogP contribution in [0.15, 0.2) is 18.2 Å². The summed E-state index contributed by atoms with van der Waals surface area (Å²) >= 11 is 0. The summed E-state index contributed by atoms with van der Waals surface area (Å²) in [6, 6.07) is 6.10. The van der Waals surface area contributed by atoms with Crippen molar-refractivity contribution in [2.75, 3.05) is 24.3 Å². The lowest BCUT2D eigenvalue weighted by molar-refractivity contribution is -0.133. The van der Waals surface area contributed by atoms with E-state index in [9.17, 15) is 9.59 Å². The number of anilines is 2. The molecule has 0 bridgehead atoms. The maximum absolute atomic E-state index is 12.5. The zero-order valence-electron chi connectivity index (χ0n) is 18.3. The third-order valence-electron chi connectivity index (χ3n) is 4.62. The highest BCUT2D eigenvalue weighted by atomic mass is 16.2. The average molecular weight is 376 g/mol. The Morgan fingerprint density at radius 1 is 1.15 bits per heavy atom. The molecule has 1 aromatic carbocycles. The van der Waals surface area contributed by atoms with Gasteiger partial charge in [-0.3, -0.25) is 9.59 Å². The first-order valence-corrected chi connectivity index (χ1v) is 9.88. The summed E-state index contributed by atoms with van der Waals surface area (Å²) in [7, 11) is 3.98. The quantitative estimate of drug-likeness (QED) is 0.719. The van der Waals surface area contributed by atoms with Crippen molar-refractivity contribution in [3.63, 3.8) is 0 Å². The number of carbonyl (C=O) groups excluding carboxylic acids is 2. The van der Waals surface area contributed by atoms with Gasteiger partial charge in [-0.05, 0) is 42.5 Å². The molecule has 1 atom stereocenters. The van der Waals surface area contributed by atoms with E-state index in [1.807, 2.05) is 69.8 Å². The van der Waals surface area contributed by atoms with Crippen LogP contribution < -0.4 is 10.2 Å². The number of carbonyl (C=O) groups is 2. The zero-order chi connectivity index (χ0) is 20.8. The summed E-state index contributed by atoms with van der Waals surface area (Å²) in [5.41, 5.74) is 2.81. The van der Waals surface area contributed by atoms with Gasteiger partial charge in [-0.1, -0.05) is 34.6 Å². The Bertz CT molecular complexity index is 647. The van der Waals surface area contributed by atoms with E-state index in [1.54, 1.807) is 0 Å². The van der Waals surface area contributed by atoms with E-state index >= 15 is 0 Å². The van der Waals surface area contributed by atoms with Gasteiger partial charge in [-0.15, -0.1) is 0 Å². The van der Waals surface area contributed by atoms with Crippen molar-refractivity contribution in [2.45, 2.75) is 73.4 Å². The molecule has 1 aromatic rings. The van der Waals surface area contributed by atoms with E-state index < -0.39 is 0 Å². The molecule has 5 heteroatoms. The number of nitrogens with one attached hydrogen (secondary N) is 1. The van der Waals surface area contributed by atoms with Crippen molar-refractivity contribution in [1.29, 1.82) is 0 Å². The van der Waals surface area contributed by atoms with Gasteiger partial charge in [-0.25, -0.2) is 0 Å². The van der Waals surface area contributed by atoms with E-state index in [1.165, 1.54) is 0 Å². The number of hydrogen-bond acceptors (Lipinski definition) is 3. The normalized spacial score (nSPS) is 12.4. The topological polar surface area (TPSA) is 52.7 Å². The van der Waals surface area contributed by atoms with Gasteiger partial charge in [0.15, 0.2) is 0 Å². The van der Waals surface area contributed by atoms with Gasteiger partial charge in [0, 0.05) is 50.9 Å². The van der Waals surface area contributed by atoms with E-state index in [0.717, 1.165) is 23.4 Å². The summed E-state index contributed by atoms with van der Waals surface area (Å²) in [4.78, 5) is 28.7. The largest absolute Gasteiger partial charge is 0.377 e. The van der Waals surface area contributed by atoms with Crippen LogP contribution in [-0.4, -0.2) is 36.9 Å². The Morgan fingerprint density at radius 2 is 1.78 bits per heavy atom. The molecule has 27 heavy (non-hydrogen) atoms. The first-order valence-electron chi connectivity index (χ1n) is 9.88. The third-order valence-corrected chi connectivity index (χ3v) is 4.62. The van der Waals surface area contributed by atoms with Gasteiger partial charge in [-0.2, -0.15) is 0 Å². The lowest BCUT2D eigenvalue weighted by Gasteiger charge is -2.30. The Kier molecular flexibility index (Phi) is 8.32. The molecule has 2 amide bonds. The second kappa shape index (κ2) is 9.77. The van der Waals surface area contributed by atoms with Gasteiger partial charge in [0.2, 0.25) is 11.8 Å². The molecular formula is C22H37N3O2. The van der Waals surface area contributed by atoms with Crippen LogP contribution in [0, 0.1) is 5.41 Å². The molecule has 0 aromatic heterocycles. The number of amides is 2. The molecule has 0 aliphatic heterocycles. The van der Waals surface area contributed by atoms with E-state index in [4.69, 9.17) is 0 Å². The maximum atomic E-state index is 12.5. The minimum absolute atomic E-state index is 0.00877. The number of rotatable bonds is 8. The van der Waals surface area contributed by atoms with E-state index in [-0.39, 0.29) is 23.3 Å². The summed E-state index contributed by atoms with van der Waals surface area (Å²) in [5.74, 6) is 0.158. The van der Waals surface area contributed by atoms with Gasteiger partial charge >= 0.3 is 0 Å². The second-order valence-electron chi connectivity index (χ2n) is 8.66. The molecule has 0 aliphatic rings. The van der Waals surface area contributed by atoms with Crippen LogP contribution in [0.25, 0.3) is 0 Å². The number of benzene rings is 1. The van der Waals surface area contributed by atoms with Crippen molar-refractivity contribution >= 4 is 23.2 Å². The second-order valence-corrected chi connectivity index (χ2v) is 8.66. The Labute approximate surface area is 165 Å². The maximum Gasteiger partial charge on any atom is 0.224 e. The van der Waals surface area contributed by atoms with Gasteiger partial charge in [0.1, 0.15) is 0 Å². The molecule has 5 nitrogen and oxygen atoms in total. The van der Waals surface area contributed by atoms with Crippen molar-refractivity contribution in [2.24, 2.45) is 5.41 Å². The predicted molar refractivity (Wildman–Crippen MR) is 114 cm³/mol. The smallest absolute Gasteiger partial charge is 0.224 e. The SMILES string of the molecule is CCC(=O)N(Cc1cc(NC(=O)CC(C)(C)C)ccc1N(C)C)[C@H](C)CC. The fourth-order valence-corrected chi connectivity index (χ4v) is 3.01. The Balaban J connectivity index is 3.14. The van der Waals surface area contributed by atoms with Gasteiger partial charge in [0.05, 0.1) is 0 Å². The molecule has 0 heterocycles. The predicted octanol–water partition coefficient (Wildman–Crippen LogP) is 4.66. The van der Waals surface area contributed by atoms with Crippen LogP contribution in [0.4, 0.5) is 11.4 Å². The molecule has 0 saturated carbocycles. The van der Waals surface area contributed by atoms with Crippen molar-refractivity contribution in [3.05, 3.63) is 23.8 Å². The van der Waals surface area contributed by atoms with Crippen LogP contribution in [0.1, 0.15) is 66.4 Å². The minimum Gasteiger partial charge on any atom is -0.377 e. The summed E-state index contributed by atoms with van der Waals surface area (Å²) in [6.07, 6.45) is 1.86. The highest BCUT2D eigenvalue weighted by molar-refractivity contribution is 5.91. The van der Waals surface area contributed by atoms with Crippen LogP contribution in [0.3, 0.4) is 0 Å². The number of hydrogen-bond donors (Lipinski definition) is 1. The standard InChI is InChI=1S/C22H37N3O2/c1-9-16(3)25(21(27)10-2)15-17-13-18(11-12-19(17)24(7)8)23-20(26)14-22(4,5)6/h11-13,16H,9-10,14-15H2,1-8H3,(H,23,26)/t16-/m1/s1. The molecule has 0 saturated heterocycles. The van der Waals surface area contributed by atoms with Crippen LogP contribution in [0.5, 0.6) is 0 Å². The summed E-state index contributed by atoms with van der Waals surface area (Å²) < 4.78 is 0. The molecule has 0 radical (unpaired) electrons. The Hall–Kier alpha value is -2.04. The molecule has 1 N–H and O–H groups in total. The fraction of sp³-hybridized carbons (Fsp3) is 0.636. The molecule has 0 unspecified atom stereocenters. The number of nitrogens with zero attached hydrogens (tertiary/aromatic N) is 2. The molecule has 152 valence electrons. The Morgan fingerprint density at radius 3 is 2.26 bits per heavy atom. The minimum atomic E-state index is -0.0581. The highest BCUT2D eigenvalue weighted by Gasteiger charge is 2.21. The first-order chi connectivity index (χ1) is 12.5. The molecule has 0 spiro atoms. The molecule has 0 fully saturated rings. The van der Waals surface area contributed by atoms with E-state index in [2.05, 4.69) is 19.2 Å². The van der Waals surface area contributed by atoms with E-state index in [0.29, 0.717) is 19.4 Å². The van der Waals surface area contributed by atoms with Crippen LogP contribution >= 0.6 is 0 Å². The van der Waals surface area contributed by atoms with Crippen LogP contribution in [0.2, 0.25) is 0 Å². The molecule has 0 aliphatic carbocycles. The van der Waals surface area contributed by atoms with Gasteiger partial charge < -0.3 is 15.1 Å². The summed E-state index contributed by atoms with van der Waals surface area (Å²) in [6.45, 7) is 12.8. The van der Waals surface area contributed by atoms with Gasteiger partial charge in [0.25, 0.3) is 0 Å². The van der Waals surface area contributed by atoms with Crippen molar-refractivity contribution < 1.29 is 9.59 Å². The van der Waals surface area contributed by atoms with Crippen molar-refractivity contribution in [1.82, 2.24) is 4.90 Å².